The second-order valence-electron chi connectivity index (χ2n) is 18.5. The highest BCUT2D eigenvalue weighted by Crippen LogP contribution is 2.64. The Morgan fingerprint density at radius 2 is 0.814 bits per heavy atom. The molecule has 1 heteroatoms. The second-order valence-corrected chi connectivity index (χ2v) is 18.5. The molecule has 8 aromatic rings. The largest absolute Gasteiger partial charge is 0.310 e. The van der Waals surface area contributed by atoms with Crippen molar-refractivity contribution in [2.45, 2.75) is 64.7 Å². The zero-order valence-corrected chi connectivity index (χ0v) is 35.0. The van der Waals surface area contributed by atoms with Crippen molar-refractivity contribution >= 4 is 17.1 Å². The van der Waals surface area contributed by atoms with Crippen molar-refractivity contribution in [3.05, 3.63) is 219 Å². The molecule has 0 radical (unpaired) electrons. The Kier molecular flexibility index (Phi) is 6.80. The van der Waals surface area contributed by atoms with Gasteiger partial charge >= 0.3 is 0 Å². The molecule has 1 spiro atoms. The van der Waals surface area contributed by atoms with E-state index in [1.807, 2.05) is 0 Å². The normalized spacial score (nSPS) is 15.8. The maximum Gasteiger partial charge on any atom is 0.0726 e. The summed E-state index contributed by atoms with van der Waals surface area (Å²) in [6.45, 7) is 16.5. The third kappa shape index (κ3) is 4.20. The van der Waals surface area contributed by atoms with E-state index in [9.17, 15) is 0 Å². The molecule has 0 atom stereocenters. The van der Waals surface area contributed by atoms with E-state index in [0.717, 1.165) is 0 Å². The predicted octanol–water partition coefficient (Wildman–Crippen LogP) is 15.0. The number of benzene rings is 8. The van der Waals surface area contributed by atoms with E-state index in [1.54, 1.807) is 0 Å². The molecule has 12 rings (SSSR count). The average molecular weight is 758 g/mol. The molecule has 0 aliphatic heterocycles. The van der Waals surface area contributed by atoms with Gasteiger partial charge in [0, 0.05) is 27.8 Å². The molecule has 1 nitrogen and oxygen atoms in total. The van der Waals surface area contributed by atoms with Crippen LogP contribution in [0.4, 0.5) is 17.1 Å². The molecule has 0 saturated heterocycles. The fourth-order valence-electron chi connectivity index (χ4n) is 12.2. The smallest absolute Gasteiger partial charge is 0.0726 e. The molecule has 0 aromatic heterocycles. The van der Waals surface area contributed by atoms with Gasteiger partial charge in [-0.15, -0.1) is 0 Å². The second kappa shape index (κ2) is 11.6. The molecule has 4 aliphatic rings. The minimum atomic E-state index is -0.429. The van der Waals surface area contributed by atoms with E-state index in [-0.39, 0.29) is 10.8 Å². The zero-order chi connectivity index (χ0) is 40.2. The van der Waals surface area contributed by atoms with E-state index in [1.165, 1.54) is 123 Å². The van der Waals surface area contributed by atoms with E-state index in [0.29, 0.717) is 0 Å². The minimum Gasteiger partial charge on any atom is -0.310 e. The molecule has 0 saturated carbocycles. The van der Waals surface area contributed by atoms with Gasteiger partial charge in [0.25, 0.3) is 0 Å². The number of nitrogens with zero attached hydrogens (tertiary/aromatic N) is 1. The van der Waals surface area contributed by atoms with Crippen LogP contribution in [-0.2, 0) is 16.2 Å². The van der Waals surface area contributed by atoms with E-state index in [4.69, 9.17) is 0 Å². The lowest BCUT2D eigenvalue weighted by atomic mass is 9.70. The molecular weight excluding hydrogens is 711 g/mol. The Labute approximate surface area is 348 Å². The quantitative estimate of drug-likeness (QED) is 0.173. The first-order valence-electron chi connectivity index (χ1n) is 21.3. The van der Waals surface area contributed by atoms with Crippen LogP contribution in [0.25, 0.3) is 44.5 Å². The van der Waals surface area contributed by atoms with Gasteiger partial charge in [-0.3, -0.25) is 0 Å². The number of hydrogen-bond donors (Lipinski definition) is 0. The van der Waals surface area contributed by atoms with Crippen LogP contribution in [-0.4, -0.2) is 0 Å². The highest BCUT2D eigenvalue weighted by Gasteiger charge is 2.52. The first-order chi connectivity index (χ1) is 28.5. The summed E-state index contributed by atoms with van der Waals surface area (Å²) in [4.78, 5) is 2.59. The number of aryl methyl sites for hydroxylation is 1. The Balaban J connectivity index is 1.17. The molecule has 0 amide bonds. The van der Waals surface area contributed by atoms with Crippen LogP contribution in [0.1, 0.15) is 88.9 Å². The van der Waals surface area contributed by atoms with Gasteiger partial charge in [-0.25, -0.2) is 0 Å². The topological polar surface area (TPSA) is 3.24 Å². The third-order valence-electron chi connectivity index (χ3n) is 15.1. The fourth-order valence-corrected chi connectivity index (χ4v) is 12.2. The van der Waals surface area contributed by atoms with Crippen LogP contribution in [0.5, 0.6) is 0 Å². The van der Waals surface area contributed by atoms with E-state index < -0.39 is 5.41 Å². The van der Waals surface area contributed by atoms with Gasteiger partial charge in [-0.05, 0) is 151 Å². The van der Waals surface area contributed by atoms with E-state index in [2.05, 4.69) is 211 Å². The molecule has 0 fully saturated rings. The van der Waals surface area contributed by atoms with E-state index >= 15 is 0 Å². The summed E-state index contributed by atoms with van der Waals surface area (Å²) >= 11 is 0. The lowest BCUT2D eigenvalue weighted by molar-refractivity contribution is 0.654. The summed E-state index contributed by atoms with van der Waals surface area (Å²) in [6, 6.07) is 60.5. The van der Waals surface area contributed by atoms with Gasteiger partial charge in [0.15, 0.2) is 0 Å². The number of hydrogen-bond acceptors (Lipinski definition) is 1. The predicted molar refractivity (Wildman–Crippen MR) is 247 cm³/mol. The maximum absolute atomic E-state index is 2.59. The monoisotopic (exact) mass is 757 g/mol. The number of anilines is 3. The maximum atomic E-state index is 2.59. The van der Waals surface area contributed by atoms with Crippen LogP contribution in [0, 0.1) is 20.8 Å². The molecule has 0 heterocycles. The average Bonchev–Trinajstić information content (AvgIpc) is 3.88. The lowest BCUT2D eigenvalue weighted by Crippen LogP contribution is -2.26. The number of rotatable bonds is 3. The molecule has 8 aromatic carbocycles. The lowest BCUT2D eigenvalue weighted by Gasteiger charge is -2.33. The van der Waals surface area contributed by atoms with Crippen molar-refractivity contribution in [3.8, 4) is 44.5 Å². The van der Waals surface area contributed by atoms with Gasteiger partial charge in [-0.1, -0.05) is 155 Å². The van der Waals surface area contributed by atoms with Gasteiger partial charge in [0.05, 0.1) is 11.1 Å². The standard InChI is InChI=1S/C58H47N/c1-34-31-45-54-50(57(6,7)55(45)36(3)35(34)2)25-16-26-53(54)59(37-27-29-43-39-17-8-12-21-46(39)56(4,5)51(43)32-37)38-28-30-44-42-20-11-15-24-49(42)58(52(44)33-38)47-22-13-9-18-40(47)41-19-10-14-23-48(41)58/h8-33H,1-7H3. The van der Waals surface area contributed by atoms with Gasteiger partial charge in [0.1, 0.15) is 0 Å². The minimum absolute atomic E-state index is 0.131. The first kappa shape index (κ1) is 34.6. The fraction of sp³-hybridized carbons (Fsp3) is 0.172. The first-order valence-corrected chi connectivity index (χ1v) is 21.3. The summed E-state index contributed by atoms with van der Waals surface area (Å²) in [6.07, 6.45) is 0. The molecule has 4 aliphatic carbocycles. The highest BCUT2D eigenvalue weighted by molar-refractivity contribution is 5.99. The van der Waals surface area contributed by atoms with Crippen LogP contribution < -0.4 is 4.90 Å². The number of fused-ring (bicyclic) bond motifs is 16. The van der Waals surface area contributed by atoms with Crippen LogP contribution in [0.3, 0.4) is 0 Å². The van der Waals surface area contributed by atoms with Crippen molar-refractivity contribution < 1.29 is 0 Å². The Morgan fingerprint density at radius 3 is 1.39 bits per heavy atom. The highest BCUT2D eigenvalue weighted by atomic mass is 15.1. The molecular formula is C58H47N. The molecule has 0 N–H and O–H groups in total. The molecule has 0 unspecified atom stereocenters. The van der Waals surface area contributed by atoms with Crippen molar-refractivity contribution in [2.75, 3.05) is 4.90 Å². The van der Waals surface area contributed by atoms with Crippen LogP contribution in [0.15, 0.2) is 158 Å². The van der Waals surface area contributed by atoms with Crippen molar-refractivity contribution in [2.24, 2.45) is 0 Å². The Morgan fingerprint density at radius 1 is 0.356 bits per heavy atom. The Hall–Kier alpha value is -6.44. The zero-order valence-electron chi connectivity index (χ0n) is 35.0. The molecule has 0 bridgehead atoms. The summed E-state index contributed by atoms with van der Waals surface area (Å²) in [5.74, 6) is 0. The van der Waals surface area contributed by atoms with Gasteiger partial charge < -0.3 is 4.90 Å². The van der Waals surface area contributed by atoms with Gasteiger partial charge in [-0.2, -0.15) is 0 Å². The van der Waals surface area contributed by atoms with Crippen molar-refractivity contribution in [3.63, 3.8) is 0 Å². The van der Waals surface area contributed by atoms with Crippen LogP contribution >= 0.6 is 0 Å². The molecule has 284 valence electrons. The summed E-state index contributed by atoms with van der Waals surface area (Å²) in [7, 11) is 0. The SMILES string of the molecule is Cc1cc2c(c(C)c1C)C(C)(C)c1cccc(N(c3ccc4c(c3)C(C)(C)c3ccccc3-4)c3ccc4c(c3)C3(c5ccccc5-c5ccccc53)c3ccccc3-4)c1-2. The summed E-state index contributed by atoms with van der Waals surface area (Å²) < 4.78 is 0. The van der Waals surface area contributed by atoms with Crippen molar-refractivity contribution in [1.82, 2.24) is 0 Å². The van der Waals surface area contributed by atoms with Crippen molar-refractivity contribution in [1.29, 1.82) is 0 Å². The summed E-state index contributed by atoms with van der Waals surface area (Å²) in [5.41, 5.74) is 28.8. The Bertz CT molecular complexity index is 3090. The van der Waals surface area contributed by atoms with Crippen LogP contribution in [0.2, 0.25) is 0 Å². The molecule has 59 heavy (non-hydrogen) atoms. The third-order valence-corrected chi connectivity index (χ3v) is 15.1. The summed E-state index contributed by atoms with van der Waals surface area (Å²) in [5, 5.41) is 0. The van der Waals surface area contributed by atoms with Gasteiger partial charge in [0.2, 0.25) is 0 Å².